The first kappa shape index (κ1) is 15.0. The molecule has 4 rings (SSSR count). The SMILES string of the molecule is O=c1[nH]c2c(OC3CCNCC3)cccc2n1Cc1ccccc1. The molecule has 0 atom stereocenters. The van der Waals surface area contributed by atoms with Crippen molar-refractivity contribution in [1.29, 1.82) is 0 Å². The summed E-state index contributed by atoms with van der Waals surface area (Å²) < 4.78 is 7.93. The maximum Gasteiger partial charge on any atom is 0.326 e. The van der Waals surface area contributed by atoms with Gasteiger partial charge in [0.25, 0.3) is 0 Å². The molecular formula is C19H21N3O2. The average Bonchev–Trinajstić information content (AvgIpc) is 2.94. The molecule has 0 amide bonds. The molecule has 1 aliphatic rings. The van der Waals surface area contributed by atoms with Crippen LogP contribution >= 0.6 is 0 Å². The maximum atomic E-state index is 12.4. The zero-order valence-corrected chi connectivity index (χ0v) is 13.5. The molecule has 1 aromatic heterocycles. The minimum absolute atomic E-state index is 0.102. The van der Waals surface area contributed by atoms with Gasteiger partial charge in [0, 0.05) is 0 Å². The second-order valence-corrected chi connectivity index (χ2v) is 6.22. The first-order valence-electron chi connectivity index (χ1n) is 8.44. The van der Waals surface area contributed by atoms with Gasteiger partial charge in [-0.05, 0) is 43.6 Å². The summed E-state index contributed by atoms with van der Waals surface area (Å²) in [5.41, 5.74) is 2.67. The molecule has 0 radical (unpaired) electrons. The number of aromatic amines is 1. The fraction of sp³-hybridized carbons (Fsp3) is 0.316. The molecule has 1 saturated heterocycles. The fourth-order valence-electron chi connectivity index (χ4n) is 3.27. The van der Waals surface area contributed by atoms with Crippen LogP contribution in [0.15, 0.2) is 53.3 Å². The molecule has 2 heterocycles. The first-order valence-corrected chi connectivity index (χ1v) is 8.44. The van der Waals surface area contributed by atoms with Crippen LogP contribution in [0.25, 0.3) is 11.0 Å². The monoisotopic (exact) mass is 323 g/mol. The van der Waals surface area contributed by atoms with Crippen LogP contribution in [-0.4, -0.2) is 28.7 Å². The Morgan fingerprint density at radius 2 is 1.83 bits per heavy atom. The highest BCUT2D eigenvalue weighted by Gasteiger charge is 2.17. The van der Waals surface area contributed by atoms with Crippen molar-refractivity contribution in [3.05, 3.63) is 64.6 Å². The summed E-state index contributed by atoms with van der Waals surface area (Å²) in [6.45, 7) is 2.51. The van der Waals surface area contributed by atoms with Crippen LogP contribution in [-0.2, 0) is 6.54 Å². The quantitative estimate of drug-likeness (QED) is 0.775. The molecule has 24 heavy (non-hydrogen) atoms. The Bertz CT molecular complexity index is 877. The van der Waals surface area contributed by atoms with Crippen LogP contribution in [0.3, 0.4) is 0 Å². The van der Waals surface area contributed by atoms with Crippen molar-refractivity contribution < 1.29 is 4.74 Å². The summed E-state index contributed by atoms with van der Waals surface area (Å²) in [5.74, 6) is 0.767. The minimum Gasteiger partial charge on any atom is -0.488 e. The summed E-state index contributed by atoms with van der Waals surface area (Å²) in [6, 6.07) is 15.9. The number of H-pyrrole nitrogens is 1. The van der Waals surface area contributed by atoms with E-state index in [9.17, 15) is 4.79 Å². The highest BCUT2D eigenvalue weighted by atomic mass is 16.5. The summed E-state index contributed by atoms with van der Waals surface area (Å²) >= 11 is 0. The fourth-order valence-corrected chi connectivity index (χ4v) is 3.27. The third-order valence-electron chi connectivity index (χ3n) is 4.54. The van der Waals surface area contributed by atoms with E-state index in [1.54, 1.807) is 4.57 Å². The van der Waals surface area contributed by atoms with Crippen LogP contribution in [0.1, 0.15) is 18.4 Å². The molecule has 5 heteroatoms. The van der Waals surface area contributed by atoms with Crippen molar-refractivity contribution in [2.75, 3.05) is 13.1 Å². The third kappa shape index (κ3) is 2.95. The molecule has 0 saturated carbocycles. The Kier molecular flexibility index (Phi) is 4.09. The predicted molar refractivity (Wildman–Crippen MR) is 94.6 cm³/mol. The number of hydrogen-bond donors (Lipinski definition) is 2. The number of imidazole rings is 1. The van der Waals surface area contributed by atoms with Gasteiger partial charge in [-0.15, -0.1) is 0 Å². The lowest BCUT2D eigenvalue weighted by atomic mass is 10.1. The van der Waals surface area contributed by atoms with Crippen molar-refractivity contribution in [2.45, 2.75) is 25.5 Å². The van der Waals surface area contributed by atoms with E-state index in [-0.39, 0.29) is 11.8 Å². The van der Waals surface area contributed by atoms with Crippen LogP contribution < -0.4 is 15.7 Å². The Labute approximate surface area is 140 Å². The highest BCUT2D eigenvalue weighted by Crippen LogP contribution is 2.25. The Morgan fingerprint density at radius 3 is 2.62 bits per heavy atom. The number of benzene rings is 2. The smallest absolute Gasteiger partial charge is 0.326 e. The topological polar surface area (TPSA) is 59.1 Å². The van der Waals surface area contributed by atoms with Gasteiger partial charge in [-0.2, -0.15) is 0 Å². The van der Waals surface area contributed by atoms with E-state index in [0.29, 0.717) is 6.54 Å². The van der Waals surface area contributed by atoms with Gasteiger partial charge in [0.2, 0.25) is 0 Å². The van der Waals surface area contributed by atoms with E-state index in [1.165, 1.54) is 0 Å². The van der Waals surface area contributed by atoms with E-state index >= 15 is 0 Å². The van der Waals surface area contributed by atoms with Gasteiger partial charge < -0.3 is 15.0 Å². The number of nitrogens with zero attached hydrogens (tertiary/aromatic N) is 1. The predicted octanol–water partition coefficient (Wildman–Crippen LogP) is 2.51. The number of piperidine rings is 1. The number of hydrogen-bond acceptors (Lipinski definition) is 3. The summed E-state index contributed by atoms with van der Waals surface area (Å²) in [5, 5.41) is 3.34. The third-order valence-corrected chi connectivity index (χ3v) is 4.54. The first-order chi connectivity index (χ1) is 11.8. The molecule has 0 spiro atoms. The normalized spacial score (nSPS) is 15.7. The van der Waals surface area contributed by atoms with Crippen LogP contribution in [0.2, 0.25) is 0 Å². The lowest BCUT2D eigenvalue weighted by Gasteiger charge is -2.24. The van der Waals surface area contributed by atoms with Gasteiger partial charge >= 0.3 is 5.69 Å². The van der Waals surface area contributed by atoms with E-state index in [0.717, 1.165) is 48.3 Å². The number of ether oxygens (including phenoxy) is 1. The van der Waals surface area contributed by atoms with E-state index < -0.39 is 0 Å². The highest BCUT2D eigenvalue weighted by molar-refractivity contribution is 5.82. The summed E-state index contributed by atoms with van der Waals surface area (Å²) in [7, 11) is 0. The minimum atomic E-state index is -0.102. The van der Waals surface area contributed by atoms with Crippen molar-refractivity contribution >= 4 is 11.0 Å². The zero-order chi connectivity index (χ0) is 16.4. The molecule has 5 nitrogen and oxygen atoms in total. The van der Waals surface area contributed by atoms with Gasteiger partial charge in [0.05, 0.1) is 12.1 Å². The Balaban J connectivity index is 1.68. The van der Waals surface area contributed by atoms with Crippen LogP contribution in [0.5, 0.6) is 5.75 Å². The standard InChI is InChI=1S/C19H21N3O2/c23-19-21-18-16(22(19)13-14-5-2-1-3-6-14)7-4-8-17(18)24-15-9-11-20-12-10-15/h1-8,15,20H,9-13H2,(H,21,23). The second-order valence-electron chi connectivity index (χ2n) is 6.22. The lowest BCUT2D eigenvalue weighted by molar-refractivity contribution is 0.164. The average molecular weight is 323 g/mol. The molecule has 0 bridgehead atoms. The number of nitrogens with one attached hydrogen (secondary N) is 2. The summed E-state index contributed by atoms with van der Waals surface area (Å²) in [4.78, 5) is 15.4. The Morgan fingerprint density at radius 1 is 1.04 bits per heavy atom. The van der Waals surface area contributed by atoms with E-state index in [2.05, 4.69) is 10.3 Å². The molecule has 0 aliphatic carbocycles. The van der Waals surface area contributed by atoms with Crippen molar-refractivity contribution in [2.24, 2.45) is 0 Å². The van der Waals surface area contributed by atoms with Gasteiger partial charge in [-0.3, -0.25) is 4.57 Å². The molecule has 3 aromatic rings. The van der Waals surface area contributed by atoms with Gasteiger partial charge in [0.15, 0.2) is 0 Å². The second kappa shape index (κ2) is 6.53. The van der Waals surface area contributed by atoms with Gasteiger partial charge in [0.1, 0.15) is 17.4 Å². The molecule has 124 valence electrons. The van der Waals surface area contributed by atoms with Crippen molar-refractivity contribution in [1.82, 2.24) is 14.9 Å². The van der Waals surface area contributed by atoms with E-state index in [4.69, 9.17) is 4.74 Å². The van der Waals surface area contributed by atoms with Crippen molar-refractivity contribution in [3.63, 3.8) is 0 Å². The molecule has 2 N–H and O–H groups in total. The lowest BCUT2D eigenvalue weighted by Crippen LogP contribution is -2.34. The largest absolute Gasteiger partial charge is 0.488 e. The number of aromatic nitrogens is 2. The number of para-hydroxylation sites is 1. The Hall–Kier alpha value is -2.53. The van der Waals surface area contributed by atoms with E-state index in [1.807, 2.05) is 48.5 Å². The van der Waals surface area contributed by atoms with Crippen molar-refractivity contribution in [3.8, 4) is 5.75 Å². The number of rotatable bonds is 4. The molecule has 1 fully saturated rings. The van der Waals surface area contributed by atoms with Gasteiger partial charge in [-0.1, -0.05) is 36.4 Å². The molecule has 0 unspecified atom stereocenters. The molecular weight excluding hydrogens is 302 g/mol. The molecule has 1 aliphatic heterocycles. The molecule has 2 aromatic carbocycles. The van der Waals surface area contributed by atoms with Crippen LogP contribution in [0, 0.1) is 0 Å². The maximum absolute atomic E-state index is 12.4. The van der Waals surface area contributed by atoms with Gasteiger partial charge in [-0.25, -0.2) is 4.79 Å². The number of fused-ring (bicyclic) bond motifs is 1. The zero-order valence-electron chi connectivity index (χ0n) is 13.5. The summed E-state index contributed by atoms with van der Waals surface area (Å²) in [6.07, 6.45) is 2.19. The van der Waals surface area contributed by atoms with Crippen LogP contribution in [0.4, 0.5) is 0 Å².